The number of para-hydroxylation sites is 1. The maximum Gasteiger partial charge on any atom is 0.270 e. The van der Waals surface area contributed by atoms with Crippen LogP contribution in [-0.4, -0.2) is 28.9 Å². The lowest BCUT2D eigenvalue weighted by Crippen LogP contribution is -2.29. The molecule has 5 heteroatoms. The zero-order chi connectivity index (χ0) is 17.4. The Morgan fingerprint density at radius 3 is 2.64 bits per heavy atom. The molecule has 1 amide bonds. The van der Waals surface area contributed by atoms with Gasteiger partial charge in [0.15, 0.2) is 0 Å². The maximum absolute atomic E-state index is 13.3. The lowest BCUT2D eigenvalue weighted by atomic mass is 9.98. The van der Waals surface area contributed by atoms with Crippen molar-refractivity contribution in [2.24, 2.45) is 5.92 Å². The standard InChI is InChI=1S/C20H18F2N2O/c21-16-8-14(9-17(22)11-16)7-13-5-6-24(12-13)20(25)19-10-15-3-1-2-4-18(15)23-19/h1-4,8-11,13,23H,5-7,12H2. The average molecular weight is 340 g/mol. The van der Waals surface area contributed by atoms with Crippen molar-refractivity contribution < 1.29 is 13.6 Å². The minimum absolute atomic E-state index is 0.0240. The molecule has 25 heavy (non-hydrogen) atoms. The highest BCUT2D eigenvalue weighted by molar-refractivity contribution is 5.98. The van der Waals surface area contributed by atoms with E-state index in [1.165, 1.54) is 12.1 Å². The summed E-state index contributed by atoms with van der Waals surface area (Å²) >= 11 is 0. The number of nitrogens with one attached hydrogen (secondary N) is 1. The Morgan fingerprint density at radius 1 is 1.12 bits per heavy atom. The van der Waals surface area contributed by atoms with Crippen molar-refractivity contribution >= 4 is 16.8 Å². The summed E-state index contributed by atoms with van der Waals surface area (Å²) in [6.07, 6.45) is 1.41. The van der Waals surface area contributed by atoms with Crippen LogP contribution in [0.3, 0.4) is 0 Å². The van der Waals surface area contributed by atoms with E-state index in [4.69, 9.17) is 0 Å². The maximum atomic E-state index is 13.3. The van der Waals surface area contributed by atoms with Gasteiger partial charge < -0.3 is 9.88 Å². The molecule has 3 nitrogen and oxygen atoms in total. The van der Waals surface area contributed by atoms with Crippen LogP contribution in [0, 0.1) is 17.6 Å². The fraction of sp³-hybridized carbons (Fsp3) is 0.250. The van der Waals surface area contributed by atoms with Gasteiger partial charge in [-0.3, -0.25) is 4.79 Å². The van der Waals surface area contributed by atoms with Crippen molar-refractivity contribution in [1.82, 2.24) is 9.88 Å². The number of H-pyrrole nitrogens is 1. The summed E-state index contributed by atoms with van der Waals surface area (Å²) in [4.78, 5) is 17.7. The Hall–Kier alpha value is -2.69. The number of carbonyl (C=O) groups is 1. The minimum atomic E-state index is -0.556. The summed E-state index contributed by atoms with van der Waals surface area (Å²) in [5.41, 5.74) is 2.16. The highest BCUT2D eigenvalue weighted by Crippen LogP contribution is 2.24. The molecular formula is C20H18F2N2O. The Kier molecular flexibility index (Phi) is 3.99. The van der Waals surface area contributed by atoms with Crippen LogP contribution in [-0.2, 0) is 6.42 Å². The summed E-state index contributed by atoms with van der Waals surface area (Å²) in [6, 6.07) is 13.3. The number of halogens is 2. The fourth-order valence-corrected chi connectivity index (χ4v) is 3.60. The Morgan fingerprint density at radius 2 is 1.88 bits per heavy atom. The van der Waals surface area contributed by atoms with Crippen LogP contribution in [0.4, 0.5) is 8.78 Å². The number of hydrogen-bond acceptors (Lipinski definition) is 1. The van der Waals surface area contributed by atoms with Crippen LogP contribution in [0.15, 0.2) is 48.5 Å². The van der Waals surface area contributed by atoms with Gasteiger partial charge in [-0.05, 0) is 48.6 Å². The molecule has 1 aromatic heterocycles. The SMILES string of the molecule is O=C(c1cc2ccccc2[nH]1)N1CCC(Cc2cc(F)cc(F)c2)C1. The van der Waals surface area contributed by atoms with E-state index in [2.05, 4.69) is 4.98 Å². The highest BCUT2D eigenvalue weighted by Gasteiger charge is 2.28. The number of carbonyl (C=O) groups excluding carboxylic acids is 1. The molecule has 1 fully saturated rings. The average Bonchev–Trinajstić information content (AvgIpc) is 3.19. The van der Waals surface area contributed by atoms with Crippen molar-refractivity contribution in [2.45, 2.75) is 12.8 Å². The molecule has 2 aromatic carbocycles. The van der Waals surface area contributed by atoms with Crippen molar-refractivity contribution in [3.63, 3.8) is 0 Å². The van der Waals surface area contributed by atoms with Crippen molar-refractivity contribution in [3.05, 3.63) is 71.4 Å². The van der Waals surface area contributed by atoms with E-state index in [1.54, 1.807) is 0 Å². The molecule has 0 spiro atoms. The molecule has 1 atom stereocenters. The third-order valence-electron chi connectivity index (χ3n) is 4.78. The summed E-state index contributed by atoms with van der Waals surface area (Å²) in [5.74, 6) is -0.920. The van der Waals surface area contributed by atoms with Gasteiger partial charge in [0.2, 0.25) is 0 Å². The third kappa shape index (κ3) is 3.27. The summed E-state index contributed by atoms with van der Waals surface area (Å²) < 4.78 is 26.6. The minimum Gasteiger partial charge on any atom is -0.351 e. The Balaban J connectivity index is 1.45. The zero-order valence-electron chi connectivity index (χ0n) is 13.6. The van der Waals surface area contributed by atoms with Crippen LogP contribution in [0.2, 0.25) is 0 Å². The number of aromatic amines is 1. The molecule has 3 aromatic rings. The first kappa shape index (κ1) is 15.8. The van der Waals surface area contributed by atoms with Crippen LogP contribution in [0.25, 0.3) is 10.9 Å². The number of aromatic nitrogens is 1. The van der Waals surface area contributed by atoms with Crippen LogP contribution >= 0.6 is 0 Å². The third-order valence-corrected chi connectivity index (χ3v) is 4.78. The van der Waals surface area contributed by atoms with E-state index < -0.39 is 11.6 Å². The number of rotatable bonds is 3. The van der Waals surface area contributed by atoms with E-state index in [1.807, 2.05) is 35.2 Å². The summed E-state index contributed by atoms with van der Waals surface area (Å²) in [5, 5.41) is 1.01. The van der Waals surface area contributed by atoms with Crippen molar-refractivity contribution in [3.8, 4) is 0 Å². The molecule has 2 heterocycles. The van der Waals surface area contributed by atoms with E-state index in [0.29, 0.717) is 30.8 Å². The highest BCUT2D eigenvalue weighted by atomic mass is 19.1. The molecule has 0 aliphatic carbocycles. The molecule has 1 saturated heterocycles. The molecule has 4 rings (SSSR count). The van der Waals surface area contributed by atoms with Crippen LogP contribution < -0.4 is 0 Å². The normalized spacial score (nSPS) is 17.4. The number of nitrogens with zero attached hydrogens (tertiary/aromatic N) is 1. The second kappa shape index (κ2) is 6.31. The molecule has 128 valence electrons. The summed E-state index contributed by atoms with van der Waals surface area (Å²) in [7, 11) is 0. The van der Waals surface area contributed by atoms with Crippen LogP contribution in [0.5, 0.6) is 0 Å². The van der Waals surface area contributed by atoms with Crippen LogP contribution in [0.1, 0.15) is 22.5 Å². The van der Waals surface area contributed by atoms with Crippen molar-refractivity contribution in [1.29, 1.82) is 0 Å². The number of benzene rings is 2. The number of amides is 1. The van der Waals surface area contributed by atoms with Gasteiger partial charge in [-0.1, -0.05) is 18.2 Å². The van der Waals surface area contributed by atoms with Gasteiger partial charge in [0.1, 0.15) is 17.3 Å². The molecule has 1 N–H and O–H groups in total. The monoisotopic (exact) mass is 340 g/mol. The van der Waals surface area contributed by atoms with E-state index in [-0.39, 0.29) is 11.8 Å². The Labute approximate surface area is 144 Å². The van der Waals surface area contributed by atoms with Crippen molar-refractivity contribution in [2.75, 3.05) is 13.1 Å². The van der Waals surface area contributed by atoms with Gasteiger partial charge >= 0.3 is 0 Å². The number of likely N-dealkylation sites (tertiary alicyclic amines) is 1. The second-order valence-corrected chi connectivity index (χ2v) is 6.66. The predicted octanol–water partition coefficient (Wildman–Crippen LogP) is 4.15. The zero-order valence-corrected chi connectivity index (χ0v) is 13.6. The molecule has 1 aliphatic rings. The number of hydrogen-bond donors (Lipinski definition) is 1. The van der Waals surface area contributed by atoms with Gasteiger partial charge in [-0.25, -0.2) is 8.78 Å². The van der Waals surface area contributed by atoms with Gasteiger partial charge in [0, 0.05) is 30.1 Å². The van der Waals surface area contributed by atoms with Gasteiger partial charge in [0.05, 0.1) is 0 Å². The largest absolute Gasteiger partial charge is 0.351 e. The Bertz CT molecular complexity index is 881. The topological polar surface area (TPSA) is 36.1 Å². The molecule has 1 unspecified atom stereocenters. The lowest BCUT2D eigenvalue weighted by molar-refractivity contribution is 0.0782. The molecular weight excluding hydrogens is 322 g/mol. The smallest absolute Gasteiger partial charge is 0.270 e. The van der Waals surface area contributed by atoms with Gasteiger partial charge in [0.25, 0.3) is 5.91 Å². The molecule has 0 bridgehead atoms. The predicted molar refractivity (Wildman–Crippen MR) is 92.4 cm³/mol. The fourth-order valence-electron chi connectivity index (χ4n) is 3.60. The quantitative estimate of drug-likeness (QED) is 0.764. The van der Waals surface area contributed by atoms with Gasteiger partial charge in [-0.2, -0.15) is 0 Å². The number of fused-ring (bicyclic) bond motifs is 1. The molecule has 0 radical (unpaired) electrons. The van der Waals surface area contributed by atoms with E-state index in [0.717, 1.165) is 23.4 Å². The lowest BCUT2D eigenvalue weighted by Gasteiger charge is -2.16. The van der Waals surface area contributed by atoms with E-state index in [9.17, 15) is 13.6 Å². The molecule has 0 saturated carbocycles. The second-order valence-electron chi connectivity index (χ2n) is 6.66. The van der Waals surface area contributed by atoms with E-state index >= 15 is 0 Å². The first-order chi connectivity index (χ1) is 12.1. The molecule has 1 aliphatic heterocycles. The first-order valence-corrected chi connectivity index (χ1v) is 8.40. The van der Waals surface area contributed by atoms with Gasteiger partial charge in [-0.15, -0.1) is 0 Å². The first-order valence-electron chi connectivity index (χ1n) is 8.40. The summed E-state index contributed by atoms with van der Waals surface area (Å²) in [6.45, 7) is 1.27.